The number of aliphatic hydroxyl groups is 2. The monoisotopic (exact) mass is 564 g/mol. The summed E-state index contributed by atoms with van der Waals surface area (Å²) < 4.78 is 44.9. The summed E-state index contributed by atoms with van der Waals surface area (Å²) in [6.45, 7) is 3.12. The molecule has 0 amide bonds. The Kier molecular flexibility index (Phi) is 12.7. The molecule has 8 N–H and O–H groups in total. The van der Waals surface area contributed by atoms with E-state index in [1.54, 1.807) is 6.07 Å². The van der Waals surface area contributed by atoms with Crippen LogP contribution in [0.2, 0.25) is 0 Å². The van der Waals surface area contributed by atoms with Crippen molar-refractivity contribution in [2.75, 3.05) is 65.1 Å². The minimum atomic E-state index is -4.51. The van der Waals surface area contributed by atoms with Crippen molar-refractivity contribution in [2.45, 2.75) is 37.4 Å². The molecule has 216 valence electrons. The van der Waals surface area contributed by atoms with Crippen molar-refractivity contribution in [3.8, 4) is 0 Å². The van der Waals surface area contributed by atoms with Gasteiger partial charge in [-0.05, 0) is 25.5 Å². The first-order valence-electron chi connectivity index (χ1n) is 12.2. The van der Waals surface area contributed by atoms with Crippen molar-refractivity contribution in [3.63, 3.8) is 0 Å². The number of hydrogen-bond donors (Lipinski definition) is 6. The van der Waals surface area contributed by atoms with Crippen molar-refractivity contribution in [1.82, 2.24) is 20.0 Å². The van der Waals surface area contributed by atoms with Gasteiger partial charge in [-0.3, -0.25) is 9.09 Å². The average molecular weight is 565 g/mol. The van der Waals surface area contributed by atoms with Gasteiger partial charge in [0.2, 0.25) is 0 Å². The highest BCUT2D eigenvalue weighted by molar-refractivity contribution is 7.47. The fraction of sp³-hybridized carbons (Fsp3) is 0.714. The Balaban J connectivity index is 1.28. The van der Waals surface area contributed by atoms with E-state index in [-0.39, 0.29) is 6.54 Å². The van der Waals surface area contributed by atoms with Gasteiger partial charge in [0.1, 0.15) is 23.8 Å². The molecule has 38 heavy (non-hydrogen) atoms. The highest BCUT2D eigenvalue weighted by atomic mass is 31.2. The molecule has 3 rings (SSSR count). The van der Waals surface area contributed by atoms with Crippen LogP contribution in [0, 0.1) is 0 Å². The molecule has 17 heteroatoms. The van der Waals surface area contributed by atoms with Crippen LogP contribution in [0.4, 0.5) is 5.69 Å². The number of phosphoric ester groups is 1. The average Bonchev–Trinajstić information content (AvgIpc) is 3.45. The molecule has 0 saturated carbocycles. The summed E-state index contributed by atoms with van der Waals surface area (Å²) in [6, 6.07) is 1.58. The summed E-state index contributed by atoms with van der Waals surface area (Å²) in [7, 11) is -4.51. The first-order chi connectivity index (χ1) is 18.3. The van der Waals surface area contributed by atoms with E-state index < -0.39 is 39.0 Å². The molecule has 3 heterocycles. The van der Waals surface area contributed by atoms with E-state index >= 15 is 0 Å². The normalized spacial score (nSPS) is 23.3. The third-order valence-electron chi connectivity index (χ3n) is 5.49. The second-order valence-electron chi connectivity index (χ2n) is 8.35. The zero-order valence-corrected chi connectivity index (χ0v) is 21.9. The molecule has 1 saturated heterocycles. The first-order valence-corrected chi connectivity index (χ1v) is 13.7. The van der Waals surface area contributed by atoms with Crippen LogP contribution < -0.4 is 16.9 Å². The highest BCUT2D eigenvalue weighted by Crippen LogP contribution is 2.43. The molecule has 2 aromatic rings. The smallest absolute Gasteiger partial charge is 0.397 e. The number of ether oxygens (including phenoxy) is 4. The third-order valence-corrected chi connectivity index (χ3v) is 6.32. The number of pyridine rings is 1. The maximum atomic E-state index is 12.1. The molecule has 1 aliphatic heterocycles. The predicted octanol–water partition coefficient (Wildman–Crippen LogP) is -0.940. The molecule has 5 unspecified atom stereocenters. The van der Waals surface area contributed by atoms with Gasteiger partial charge in [-0.15, -0.1) is 0 Å². The summed E-state index contributed by atoms with van der Waals surface area (Å²) in [6.07, 6.45) is -0.790. The number of rotatable bonds is 19. The summed E-state index contributed by atoms with van der Waals surface area (Å²) >= 11 is 0. The Hall–Kier alpha value is -1.79. The van der Waals surface area contributed by atoms with E-state index in [2.05, 4.69) is 15.4 Å². The Bertz CT molecular complexity index is 1020. The van der Waals surface area contributed by atoms with Crippen molar-refractivity contribution in [1.29, 1.82) is 0 Å². The standard InChI is InChI=1S/C21H37N6O10P/c22-4-1-7-32-9-11-34-12-10-33-8-2-5-26-37-38(30,31)35-13-16-18(28)19(29)21(36-16)27-14-25-17-15(23)3-6-24-20(17)27/h3,6,14,16,18-19,21,26,28-29H,1-2,4-5,7-13,22H2,(H2,23,24)(H,30,31). The van der Waals surface area contributed by atoms with Gasteiger partial charge in [0.15, 0.2) is 11.9 Å². The summed E-state index contributed by atoms with van der Waals surface area (Å²) in [5.74, 6) is 0. The molecule has 0 aromatic carbocycles. The maximum Gasteiger partial charge on any atom is 0.488 e. The van der Waals surface area contributed by atoms with Crippen LogP contribution in [0.15, 0.2) is 18.6 Å². The molecule has 1 aliphatic rings. The number of hydrogen-bond acceptors (Lipinski definition) is 14. The molecule has 0 aliphatic carbocycles. The van der Waals surface area contributed by atoms with Crippen molar-refractivity contribution < 1.29 is 47.8 Å². The van der Waals surface area contributed by atoms with E-state index in [4.69, 9.17) is 39.6 Å². The van der Waals surface area contributed by atoms with E-state index in [0.29, 0.717) is 69.5 Å². The summed E-state index contributed by atoms with van der Waals surface area (Å²) in [4.78, 5) is 18.2. The van der Waals surface area contributed by atoms with E-state index in [1.807, 2.05) is 0 Å². The largest absolute Gasteiger partial charge is 0.488 e. The van der Waals surface area contributed by atoms with Crippen LogP contribution in [0.25, 0.3) is 11.2 Å². The molecule has 0 radical (unpaired) electrons. The Morgan fingerprint density at radius 3 is 2.45 bits per heavy atom. The molecule has 0 spiro atoms. The van der Waals surface area contributed by atoms with E-state index in [0.717, 1.165) is 6.42 Å². The molecule has 2 aromatic heterocycles. The number of aromatic nitrogens is 3. The number of nitrogens with one attached hydrogen (secondary N) is 1. The van der Waals surface area contributed by atoms with Crippen LogP contribution in [0.3, 0.4) is 0 Å². The lowest BCUT2D eigenvalue weighted by molar-refractivity contribution is -0.0529. The van der Waals surface area contributed by atoms with Crippen LogP contribution in [-0.4, -0.2) is 107 Å². The lowest BCUT2D eigenvalue weighted by Gasteiger charge is -2.17. The molecule has 5 atom stereocenters. The number of aliphatic hydroxyl groups excluding tert-OH is 2. The molecule has 0 bridgehead atoms. The fourth-order valence-corrected chi connectivity index (χ4v) is 4.17. The number of hydroxylamine groups is 1. The Morgan fingerprint density at radius 1 is 1.05 bits per heavy atom. The third kappa shape index (κ3) is 9.15. The quantitative estimate of drug-likeness (QED) is 0.0687. The second kappa shape index (κ2) is 15.7. The van der Waals surface area contributed by atoms with Crippen molar-refractivity contribution >= 4 is 24.7 Å². The molecular weight excluding hydrogens is 527 g/mol. The molecule has 16 nitrogen and oxygen atoms in total. The van der Waals surface area contributed by atoms with E-state index in [1.165, 1.54) is 17.1 Å². The topological polar surface area (TPSA) is 228 Å². The summed E-state index contributed by atoms with van der Waals surface area (Å²) in [5.41, 5.74) is 14.8. The molecular formula is C21H37N6O10P. The number of imidazole rings is 1. The predicted molar refractivity (Wildman–Crippen MR) is 133 cm³/mol. The van der Waals surface area contributed by atoms with Crippen molar-refractivity contribution in [3.05, 3.63) is 18.6 Å². The number of nitrogens with zero attached hydrogens (tertiary/aromatic N) is 3. The summed E-state index contributed by atoms with van der Waals surface area (Å²) in [5, 5.41) is 20.8. The fourth-order valence-electron chi connectivity index (χ4n) is 3.53. The number of fused-ring (bicyclic) bond motifs is 1. The van der Waals surface area contributed by atoms with Gasteiger partial charge in [-0.1, -0.05) is 0 Å². The second-order valence-corrected chi connectivity index (χ2v) is 9.73. The van der Waals surface area contributed by atoms with Crippen molar-refractivity contribution in [2.24, 2.45) is 5.73 Å². The van der Waals surface area contributed by atoms with Crippen LogP contribution in [0.1, 0.15) is 19.1 Å². The van der Waals surface area contributed by atoms with Gasteiger partial charge in [-0.25, -0.2) is 14.5 Å². The van der Waals surface area contributed by atoms with Gasteiger partial charge >= 0.3 is 7.82 Å². The number of anilines is 1. The lowest BCUT2D eigenvalue weighted by atomic mass is 10.1. The van der Waals surface area contributed by atoms with Gasteiger partial charge in [-0.2, -0.15) is 10.1 Å². The van der Waals surface area contributed by atoms with Crippen LogP contribution in [-0.2, 0) is 32.7 Å². The first kappa shape index (κ1) is 30.7. The van der Waals surface area contributed by atoms with Gasteiger partial charge < -0.3 is 45.5 Å². The highest BCUT2D eigenvalue weighted by Gasteiger charge is 2.45. The SMILES string of the molecule is NCCCOCCOCCOCCCNOP(=O)(O)OCC1OC(n2cnc3c(N)ccnc32)C(O)C1O. The Morgan fingerprint density at radius 2 is 1.74 bits per heavy atom. The maximum absolute atomic E-state index is 12.1. The Labute approximate surface area is 219 Å². The zero-order valence-electron chi connectivity index (χ0n) is 21.0. The minimum absolute atomic E-state index is 0.219. The van der Waals surface area contributed by atoms with Crippen LogP contribution >= 0.6 is 7.82 Å². The molecule has 1 fully saturated rings. The number of phosphoric acid groups is 1. The van der Waals surface area contributed by atoms with Crippen LogP contribution in [0.5, 0.6) is 0 Å². The minimum Gasteiger partial charge on any atom is -0.397 e. The lowest BCUT2D eigenvalue weighted by Crippen LogP contribution is -2.33. The van der Waals surface area contributed by atoms with Gasteiger partial charge in [0, 0.05) is 26.0 Å². The zero-order chi connectivity index (χ0) is 27.4. The number of nitrogen functional groups attached to an aromatic ring is 1. The van der Waals surface area contributed by atoms with E-state index in [9.17, 15) is 19.7 Å². The van der Waals surface area contributed by atoms with Gasteiger partial charge in [0.25, 0.3) is 0 Å². The van der Waals surface area contributed by atoms with Gasteiger partial charge in [0.05, 0.1) is 45.0 Å². The number of nitrogens with two attached hydrogens (primary N) is 2.